The van der Waals surface area contributed by atoms with E-state index in [1.54, 1.807) is 36.4 Å². The van der Waals surface area contributed by atoms with Crippen LogP contribution in [-0.4, -0.2) is 27.5 Å². The lowest BCUT2D eigenvalue weighted by Gasteiger charge is -2.07. The van der Waals surface area contributed by atoms with Crippen molar-refractivity contribution >= 4 is 16.0 Å². The number of carbonyl (C=O) groups excluding carboxylic acids is 1. The normalized spacial score (nSPS) is 11.4. The van der Waals surface area contributed by atoms with Crippen molar-refractivity contribution in [3.63, 3.8) is 0 Å². The molecule has 0 saturated heterocycles. The van der Waals surface area contributed by atoms with Gasteiger partial charge >= 0.3 is 0 Å². The first-order chi connectivity index (χ1) is 11.4. The SMILES string of the molecule is Cc1ccc(S(=O)(=O)OCCOCc2ccc(C(N)=O)cc2)cc1. The van der Waals surface area contributed by atoms with Crippen LogP contribution in [0.1, 0.15) is 21.5 Å². The fourth-order valence-corrected chi connectivity index (χ4v) is 2.82. The van der Waals surface area contributed by atoms with Gasteiger partial charge < -0.3 is 10.5 Å². The summed E-state index contributed by atoms with van der Waals surface area (Å²) in [6.07, 6.45) is 0. The molecular formula is C17H19NO5S. The summed E-state index contributed by atoms with van der Waals surface area (Å²) in [5.74, 6) is -0.489. The molecular weight excluding hydrogens is 330 g/mol. The lowest BCUT2D eigenvalue weighted by atomic mass is 10.1. The summed E-state index contributed by atoms with van der Waals surface area (Å²) in [4.78, 5) is 11.1. The Labute approximate surface area is 141 Å². The van der Waals surface area contributed by atoms with E-state index in [2.05, 4.69) is 0 Å². The summed E-state index contributed by atoms with van der Waals surface area (Å²) in [5.41, 5.74) is 7.40. The highest BCUT2D eigenvalue weighted by atomic mass is 32.2. The second kappa shape index (κ2) is 8.05. The molecule has 0 spiro atoms. The molecule has 0 bridgehead atoms. The molecule has 6 nitrogen and oxygen atoms in total. The summed E-state index contributed by atoms with van der Waals surface area (Å²) >= 11 is 0. The topological polar surface area (TPSA) is 95.7 Å². The van der Waals surface area contributed by atoms with Crippen LogP contribution in [0.15, 0.2) is 53.4 Å². The van der Waals surface area contributed by atoms with Crippen LogP contribution < -0.4 is 5.73 Å². The van der Waals surface area contributed by atoms with Crippen LogP contribution in [0.25, 0.3) is 0 Å². The Morgan fingerprint density at radius 2 is 1.62 bits per heavy atom. The third kappa shape index (κ3) is 5.16. The Morgan fingerprint density at radius 3 is 2.21 bits per heavy atom. The molecule has 128 valence electrons. The first-order valence-corrected chi connectivity index (χ1v) is 8.72. The summed E-state index contributed by atoms with van der Waals surface area (Å²) in [7, 11) is -3.77. The second-order valence-corrected chi connectivity index (χ2v) is 6.82. The van der Waals surface area contributed by atoms with E-state index in [4.69, 9.17) is 14.7 Å². The molecule has 0 heterocycles. The van der Waals surface area contributed by atoms with Gasteiger partial charge in [-0.05, 0) is 36.8 Å². The molecule has 0 saturated carbocycles. The molecule has 0 fully saturated rings. The quantitative estimate of drug-likeness (QED) is 0.581. The van der Waals surface area contributed by atoms with Crippen LogP contribution in [0, 0.1) is 6.92 Å². The number of nitrogens with two attached hydrogens (primary N) is 1. The van der Waals surface area contributed by atoms with Gasteiger partial charge in [-0.15, -0.1) is 0 Å². The van der Waals surface area contributed by atoms with Crippen LogP contribution in [0.3, 0.4) is 0 Å². The maximum absolute atomic E-state index is 12.0. The average molecular weight is 349 g/mol. The predicted molar refractivity (Wildman–Crippen MR) is 88.9 cm³/mol. The highest BCUT2D eigenvalue weighted by molar-refractivity contribution is 7.86. The van der Waals surface area contributed by atoms with E-state index in [1.165, 1.54) is 12.1 Å². The maximum atomic E-state index is 12.0. The molecule has 0 aromatic heterocycles. The molecule has 0 aliphatic carbocycles. The molecule has 7 heteroatoms. The monoisotopic (exact) mass is 349 g/mol. The van der Waals surface area contributed by atoms with Crippen molar-refractivity contribution in [1.82, 2.24) is 0 Å². The van der Waals surface area contributed by atoms with Crippen molar-refractivity contribution in [2.75, 3.05) is 13.2 Å². The van der Waals surface area contributed by atoms with E-state index in [1.807, 2.05) is 6.92 Å². The molecule has 0 unspecified atom stereocenters. The van der Waals surface area contributed by atoms with E-state index in [0.717, 1.165) is 11.1 Å². The molecule has 0 radical (unpaired) electrons. The van der Waals surface area contributed by atoms with Gasteiger partial charge in [0, 0.05) is 5.56 Å². The van der Waals surface area contributed by atoms with Crippen LogP contribution in [-0.2, 0) is 25.6 Å². The van der Waals surface area contributed by atoms with E-state index in [-0.39, 0.29) is 24.7 Å². The largest absolute Gasteiger partial charge is 0.374 e. The van der Waals surface area contributed by atoms with E-state index < -0.39 is 16.0 Å². The van der Waals surface area contributed by atoms with E-state index >= 15 is 0 Å². The molecule has 2 aromatic carbocycles. The lowest BCUT2D eigenvalue weighted by Crippen LogP contribution is -2.12. The van der Waals surface area contributed by atoms with Gasteiger partial charge in [0.25, 0.3) is 10.1 Å². The minimum absolute atomic E-state index is 0.0738. The second-order valence-electron chi connectivity index (χ2n) is 5.20. The van der Waals surface area contributed by atoms with Gasteiger partial charge in [0.2, 0.25) is 5.91 Å². The number of ether oxygens (including phenoxy) is 1. The Hall–Kier alpha value is -2.22. The Morgan fingerprint density at radius 1 is 1.00 bits per heavy atom. The van der Waals surface area contributed by atoms with Crippen LogP contribution >= 0.6 is 0 Å². The van der Waals surface area contributed by atoms with Crippen molar-refractivity contribution in [1.29, 1.82) is 0 Å². The summed E-state index contributed by atoms with van der Waals surface area (Å²) < 4.78 is 34.2. The van der Waals surface area contributed by atoms with Crippen LogP contribution in [0.5, 0.6) is 0 Å². The number of amides is 1. The highest BCUT2D eigenvalue weighted by Gasteiger charge is 2.14. The fraction of sp³-hybridized carbons (Fsp3) is 0.235. The molecule has 24 heavy (non-hydrogen) atoms. The molecule has 0 aliphatic rings. The van der Waals surface area contributed by atoms with Crippen molar-refractivity contribution < 1.29 is 22.1 Å². The maximum Gasteiger partial charge on any atom is 0.297 e. The third-order valence-electron chi connectivity index (χ3n) is 3.28. The van der Waals surface area contributed by atoms with Gasteiger partial charge in [0.1, 0.15) is 0 Å². The number of hydrogen-bond donors (Lipinski definition) is 1. The van der Waals surface area contributed by atoms with Crippen molar-refractivity contribution in [3.05, 3.63) is 65.2 Å². The fourth-order valence-electron chi connectivity index (χ4n) is 1.93. The van der Waals surface area contributed by atoms with Gasteiger partial charge in [-0.2, -0.15) is 8.42 Å². The highest BCUT2D eigenvalue weighted by Crippen LogP contribution is 2.13. The molecule has 1 amide bonds. The Balaban J connectivity index is 1.76. The Bertz CT molecular complexity index is 783. The van der Waals surface area contributed by atoms with Crippen molar-refractivity contribution in [2.45, 2.75) is 18.4 Å². The van der Waals surface area contributed by atoms with Crippen molar-refractivity contribution in [2.24, 2.45) is 5.73 Å². The van der Waals surface area contributed by atoms with Crippen LogP contribution in [0.2, 0.25) is 0 Å². The van der Waals surface area contributed by atoms with Gasteiger partial charge in [-0.25, -0.2) is 0 Å². The van der Waals surface area contributed by atoms with E-state index in [9.17, 15) is 13.2 Å². The number of aryl methyl sites for hydroxylation is 1. The summed E-state index contributed by atoms with van der Waals surface area (Å²) in [6, 6.07) is 13.1. The van der Waals surface area contributed by atoms with Crippen molar-refractivity contribution in [3.8, 4) is 0 Å². The standard InChI is InChI=1S/C17H19NO5S/c1-13-2-8-16(9-3-13)24(20,21)23-11-10-22-12-14-4-6-15(7-5-14)17(18)19/h2-9H,10-12H2,1H3,(H2,18,19). The number of hydrogen-bond acceptors (Lipinski definition) is 5. The Kier molecular flexibility index (Phi) is 6.08. The zero-order valence-electron chi connectivity index (χ0n) is 13.3. The molecule has 2 aromatic rings. The molecule has 2 N–H and O–H groups in total. The lowest BCUT2D eigenvalue weighted by molar-refractivity contribution is 0.0907. The van der Waals surface area contributed by atoms with Gasteiger partial charge in [-0.1, -0.05) is 29.8 Å². The average Bonchev–Trinajstić information content (AvgIpc) is 2.55. The van der Waals surface area contributed by atoms with E-state index in [0.29, 0.717) is 5.56 Å². The van der Waals surface area contributed by atoms with Gasteiger partial charge in [-0.3, -0.25) is 8.98 Å². The van der Waals surface area contributed by atoms with Gasteiger partial charge in [0.05, 0.1) is 24.7 Å². The molecule has 2 rings (SSSR count). The zero-order valence-corrected chi connectivity index (χ0v) is 14.1. The smallest absolute Gasteiger partial charge is 0.297 e. The zero-order chi connectivity index (χ0) is 17.6. The number of carbonyl (C=O) groups is 1. The van der Waals surface area contributed by atoms with Crippen LogP contribution in [0.4, 0.5) is 0 Å². The minimum atomic E-state index is -3.77. The molecule has 0 atom stereocenters. The number of benzene rings is 2. The minimum Gasteiger partial charge on any atom is -0.374 e. The van der Waals surface area contributed by atoms with Gasteiger partial charge in [0.15, 0.2) is 0 Å². The molecule has 0 aliphatic heterocycles. The number of rotatable bonds is 8. The first kappa shape index (κ1) is 18.1. The third-order valence-corrected chi connectivity index (χ3v) is 4.61. The summed E-state index contributed by atoms with van der Waals surface area (Å²) in [5, 5.41) is 0. The number of primary amides is 1. The summed E-state index contributed by atoms with van der Waals surface area (Å²) in [6.45, 7) is 2.21. The first-order valence-electron chi connectivity index (χ1n) is 7.31. The predicted octanol–water partition coefficient (Wildman–Crippen LogP) is 2.02.